The maximum absolute atomic E-state index is 12.7. The molecule has 0 bridgehead atoms. The Labute approximate surface area is 156 Å². The molecule has 3 heterocycles. The van der Waals surface area contributed by atoms with E-state index in [0.717, 1.165) is 0 Å². The number of nitrogens with one attached hydrogen (secondary N) is 2. The largest absolute Gasteiger partial charge is 0.444 e. The Hall–Kier alpha value is -2.17. The molecule has 0 radical (unpaired) electrons. The Kier molecular flexibility index (Phi) is 4.91. The van der Waals surface area contributed by atoms with E-state index in [2.05, 4.69) is 10.5 Å². The molecule has 1 amide bonds. The number of aromatic nitrogens is 2. The van der Waals surface area contributed by atoms with Crippen LogP contribution in [0.15, 0.2) is 21.9 Å². The molecule has 2 aliphatic heterocycles. The zero-order chi connectivity index (χ0) is 20.0. The topological polar surface area (TPSA) is 115 Å². The Morgan fingerprint density at radius 2 is 2.04 bits per heavy atom. The Bertz CT molecular complexity index is 824. The van der Waals surface area contributed by atoms with Crippen molar-refractivity contribution in [2.45, 2.75) is 70.7 Å². The molecule has 2 N–H and O–H groups in total. The molecule has 0 unspecified atom stereocenters. The fourth-order valence-electron chi connectivity index (χ4n) is 3.33. The molecule has 1 aromatic rings. The van der Waals surface area contributed by atoms with E-state index < -0.39 is 34.9 Å². The Morgan fingerprint density at radius 1 is 1.33 bits per heavy atom. The van der Waals surface area contributed by atoms with E-state index in [4.69, 9.17) is 14.3 Å². The van der Waals surface area contributed by atoms with E-state index in [0.29, 0.717) is 13.0 Å². The molecule has 2 saturated heterocycles. The highest BCUT2D eigenvalue weighted by Gasteiger charge is 2.50. The molecule has 1 aromatic heterocycles. The molecule has 27 heavy (non-hydrogen) atoms. The van der Waals surface area contributed by atoms with Gasteiger partial charge in [-0.05, 0) is 34.6 Å². The first-order chi connectivity index (χ1) is 12.5. The molecule has 2 aliphatic rings. The highest BCUT2D eigenvalue weighted by molar-refractivity contribution is 5.70. The summed E-state index contributed by atoms with van der Waals surface area (Å²) in [6, 6.07) is 0.647. The van der Waals surface area contributed by atoms with Gasteiger partial charge in [-0.1, -0.05) is 0 Å². The van der Waals surface area contributed by atoms with Crippen LogP contribution >= 0.6 is 0 Å². The van der Waals surface area contributed by atoms with Gasteiger partial charge in [0.2, 0.25) is 0 Å². The highest BCUT2D eigenvalue weighted by Crippen LogP contribution is 2.34. The second kappa shape index (κ2) is 6.77. The molecule has 3 rings (SSSR count). The van der Waals surface area contributed by atoms with Gasteiger partial charge >= 0.3 is 11.8 Å². The zero-order valence-corrected chi connectivity index (χ0v) is 16.1. The van der Waals surface area contributed by atoms with Crippen LogP contribution in [-0.2, 0) is 14.3 Å². The summed E-state index contributed by atoms with van der Waals surface area (Å²) in [5.41, 5.74) is 0.403. The summed E-state index contributed by atoms with van der Waals surface area (Å²) in [5.74, 6) is 0. The molecule has 10 nitrogen and oxygen atoms in total. The molecule has 2 fully saturated rings. The minimum atomic E-state index is -0.832. The third-order valence-corrected chi connectivity index (χ3v) is 4.55. The summed E-state index contributed by atoms with van der Waals surface area (Å²) < 4.78 is 12.6. The predicted octanol–water partition coefficient (Wildman–Crippen LogP) is 0.701. The zero-order valence-electron chi connectivity index (χ0n) is 16.1. The second-order valence-corrected chi connectivity index (χ2v) is 8.23. The fourth-order valence-corrected chi connectivity index (χ4v) is 3.33. The van der Waals surface area contributed by atoms with Crippen molar-refractivity contribution in [3.05, 3.63) is 33.1 Å². The van der Waals surface area contributed by atoms with Gasteiger partial charge < -0.3 is 9.47 Å². The maximum Gasteiger partial charge on any atom is 0.412 e. The van der Waals surface area contributed by atoms with Gasteiger partial charge in [0.05, 0.1) is 18.7 Å². The lowest BCUT2D eigenvalue weighted by molar-refractivity contribution is -0.0651. The minimum Gasteiger partial charge on any atom is -0.444 e. The molecule has 0 saturated carbocycles. The van der Waals surface area contributed by atoms with Crippen LogP contribution in [0.1, 0.15) is 47.3 Å². The van der Waals surface area contributed by atoms with E-state index in [1.54, 1.807) is 39.5 Å². The first-order valence-electron chi connectivity index (χ1n) is 8.87. The van der Waals surface area contributed by atoms with Crippen molar-refractivity contribution >= 4 is 6.09 Å². The van der Waals surface area contributed by atoms with Crippen LogP contribution in [0.2, 0.25) is 0 Å². The molecule has 0 aliphatic carbocycles. The van der Waals surface area contributed by atoms with Gasteiger partial charge in [0.15, 0.2) is 6.23 Å². The number of aromatic amines is 1. The summed E-state index contributed by atoms with van der Waals surface area (Å²) in [5, 5.41) is 0. The van der Waals surface area contributed by atoms with Crippen molar-refractivity contribution in [3.8, 4) is 0 Å². The molecule has 10 heteroatoms. The van der Waals surface area contributed by atoms with Crippen molar-refractivity contribution in [2.24, 2.45) is 0 Å². The van der Waals surface area contributed by atoms with Gasteiger partial charge in [0.1, 0.15) is 11.3 Å². The van der Waals surface area contributed by atoms with Crippen LogP contribution in [0.5, 0.6) is 0 Å². The van der Waals surface area contributed by atoms with Crippen molar-refractivity contribution < 1.29 is 19.1 Å². The molecule has 3 atom stereocenters. The summed E-state index contributed by atoms with van der Waals surface area (Å²) in [6.45, 7) is 9.33. The van der Waals surface area contributed by atoms with Crippen LogP contribution in [-0.4, -0.2) is 50.6 Å². The lowest BCUT2D eigenvalue weighted by Crippen LogP contribution is -2.55. The number of H-pyrrole nitrogens is 1. The SMILES string of the molecule is CC(C)(C)OC(=O)N1[C@@H]([C@H]2C[C@@H](n3ccc(=O)[nH]c3=O)ON2)COC1(C)C. The molecular weight excluding hydrogens is 356 g/mol. The van der Waals surface area contributed by atoms with Gasteiger partial charge in [-0.15, -0.1) is 0 Å². The van der Waals surface area contributed by atoms with E-state index in [1.807, 2.05) is 0 Å². The summed E-state index contributed by atoms with van der Waals surface area (Å²) in [4.78, 5) is 45.3. The normalized spacial score (nSPS) is 27.7. The van der Waals surface area contributed by atoms with Crippen molar-refractivity contribution in [3.63, 3.8) is 0 Å². The standard InChI is InChI=1S/C17H26N4O6/c1-16(2,3)26-15(24)21-11(9-25-17(21,4)5)10-8-13(27-19-10)20-7-6-12(22)18-14(20)23/h6-7,10-11,13,19H,8-9H2,1-5H3,(H,18,22,23)/t10-,11-,13+/m1/s1. The first-order valence-corrected chi connectivity index (χ1v) is 8.87. The van der Waals surface area contributed by atoms with Gasteiger partial charge in [0, 0.05) is 18.7 Å². The maximum atomic E-state index is 12.7. The van der Waals surface area contributed by atoms with Crippen LogP contribution in [0.25, 0.3) is 0 Å². The van der Waals surface area contributed by atoms with Crippen molar-refractivity contribution in [1.29, 1.82) is 0 Å². The number of ether oxygens (including phenoxy) is 2. The number of hydrogen-bond acceptors (Lipinski definition) is 7. The van der Waals surface area contributed by atoms with Gasteiger partial charge in [0.25, 0.3) is 5.56 Å². The van der Waals surface area contributed by atoms with Gasteiger partial charge in [-0.2, -0.15) is 5.48 Å². The summed E-state index contributed by atoms with van der Waals surface area (Å²) in [6.07, 6.45) is 0.719. The molecule has 150 valence electrons. The number of hydrogen-bond donors (Lipinski definition) is 2. The predicted molar refractivity (Wildman–Crippen MR) is 94.9 cm³/mol. The monoisotopic (exact) mass is 382 g/mol. The minimum absolute atomic E-state index is 0.275. The first kappa shape index (κ1) is 19.6. The molecule has 0 aromatic carbocycles. The van der Waals surface area contributed by atoms with Crippen LogP contribution in [0.4, 0.5) is 4.79 Å². The average Bonchev–Trinajstić information content (AvgIpc) is 3.09. The third kappa shape index (κ3) is 4.07. The van der Waals surface area contributed by atoms with Crippen molar-refractivity contribution in [2.75, 3.05) is 6.61 Å². The number of carbonyl (C=O) groups excluding carboxylic acids is 1. The highest BCUT2D eigenvalue weighted by atomic mass is 16.7. The number of hydroxylamine groups is 1. The number of rotatable bonds is 2. The van der Waals surface area contributed by atoms with Crippen LogP contribution in [0.3, 0.4) is 0 Å². The number of carbonyl (C=O) groups is 1. The quantitative estimate of drug-likeness (QED) is 0.774. The molecule has 0 spiro atoms. The lowest BCUT2D eigenvalue weighted by Gasteiger charge is -2.36. The van der Waals surface area contributed by atoms with E-state index in [1.165, 1.54) is 16.8 Å². The lowest BCUT2D eigenvalue weighted by atomic mass is 10.0. The Morgan fingerprint density at radius 3 is 2.67 bits per heavy atom. The third-order valence-electron chi connectivity index (χ3n) is 4.55. The van der Waals surface area contributed by atoms with Gasteiger partial charge in [-0.3, -0.25) is 24.1 Å². The summed E-state index contributed by atoms with van der Waals surface area (Å²) >= 11 is 0. The fraction of sp³-hybridized carbons (Fsp3) is 0.706. The van der Waals surface area contributed by atoms with Crippen molar-refractivity contribution in [1.82, 2.24) is 19.9 Å². The molecular formula is C17H26N4O6. The van der Waals surface area contributed by atoms with E-state index >= 15 is 0 Å². The van der Waals surface area contributed by atoms with Crippen LogP contribution in [0, 0.1) is 0 Å². The number of amides is 1. The second-order valence-electron chi connectivity index (χ2n) is 8.23. The van der Waals surface area contributed by atoms with E-state index in [9.17, 15) is 14.4 Å². The summed E-state index contributed by atoms with van der Waals surface area (Å²) in [7, 11) is 0. The van der Waals surface area contributed by atoms with E-state index in [-0.39, 0.29) is 12.1 Å². The smallest absolute Gasteiger partial charge is 0.412 e. The van der Waals surface area contributed by atoms with Crippen LogP contribution < -0.4 is 16.7 Å². The number of nitrogens with zero attached hydrogens (tertiary/aromatic N) is 2. The Balaban J connectivity index is 1.78. The average molecular weight is 382 g/mol. The van der Waals surface area contributed by atoms with Gasteiger partial charge in [-0.25, -0.2) is 9.59 Å².